The van der Waals surface area contributed by atoms with E-state index in [9.17, 15) is 9.59 Å². The average molecular weight is 427 g/mol. The molecule has 0 atom stereocenters. The van der Waals surface area contributed by atoms with Crippen LogP contribution in [0.2, 0.25) is 0 Å². The number of aryl methyl sites for hydroxylation is 1. The molecule has 0 saturated heterocycles. The Labute approximate surface area is 185 Å². The van der Waals surface area contributed by atoms with E-state index in [1.54, 1.807) is 12.0 Å². The lowest BCUT2D eigenvalue weighted by Crippen LogP contribution is -2.46. The number of amides is 2. The summed E-state index contributed by atoms with van der Waals surface area (Å²) in [7, 11) is 1.65. The normalized spacial score (nSPS) is 13.6. The Kier molecular flexibility index (Phi) is 8.71. The van der Waals surface area contributed by atoms with Gasteiger partial charge in [-0.15, -0.1) is 0 Å². The molecule has 1 aromatic carbocycles. The number of methoxy groups -OCH3 is 1. The topological polar surface area (TPSA) is 63.0 Å². The number of carbonyl (C=O) groups is 2. The van der Waals surface area contributed by atoms with Crippen LogP contribution in [0.25, 0.3) is 0 Å². The third-order valence-electron chi connectivity index (χ3n) is 5.88. The van der Waals surface area contributed by atoms with Crippen LogP contribution in [-0.2, 0) is 27.3 Å². The fraction of sp³-hybridized carbons (Fsp3) is 0.520. The Morgan fingerprint density at radius 2 is 1.84 bits per heavy atom. The molecular formula is C25H34N2O4. The fourth-order valence-electron chi connectivity index (χ4n) is 3.80. The van der Waals surface area contributed by atoms with Gasteiger partial charge in [-0.1, -0.05) is 36.8 Å². The third kappa shape index (κ3) is 6.96. The zero-order valence-corrected chi connectivity index (χ0v) is 18.7. The van der Waals surface area contributed by atoms with Crippen molar-refractivity contribution in [2.45, 2.75) is 45.6 Å². The summed E-state index contributed by atoms with van der Waals surface area (Å²) in [4.78, 5) is 29.8. The molecule has 1 saturated carbocycles. The molecule has 0 unspecified atom stereocenters. The summed E-state index contributed by atoms with van der Waals surface area (Å²) in [5, 5.41) is 0. The van der Waals surface area contributed by atoms with E-state index < -0.39 is 0 Å². The van der Waals surface area contributed by atoms with Crippen LogP contribution in [0.4, 0.5) is 0 Å². The molecule has 168 valence electrons. The Hall–Kier alpha value is -2.60. The van der Waals surface area contributed by atoms with Gasteiger partial charge in [0.05, 0.1) is 13.1 Å². The van der Waals surface area contributed by atoms with Gasteiger partial charge >= 0.3 is 0 Å². The van der Waals surface area contributed by atoms with Gasteiger partial charge in [0.2, 0.25) is 11.8 Å². The van der Waals surface area contributed by atoms with Gasteiger partial charge in [-0.3, -0.25) is 9.59 Å². The highest BCUT2D eigenvalue weighted by Crippen LogP contribution is 2.28. The highest BCUT2D eigenvalue weighted by Gasteiger charge is 2.31. The first kappa shape index (κ1) is 23.1. The van der Waals surface area contributed by atoms with Crippen LogP contribution in [0.3, 0.4) is 0 Å². The second-order valence-electron chi connectivity index (χ2n) is 8.30. The smallest absolute Gasteiger partial charge is 0.242 e. The molecule has 0 spiro atoms. The monoisotopic (exact) mass is 426 g/mol. The molecule has 2 amide bonds. The molecule has 6 nitrogen and oxygen atoms in total. The number of nitrogens with zero attached hydrogens (tertiary/aromatic N) is 2. The molecule has 0 N–H and O–H groups in total. The second-order valence-corrected chi connectivity index (χ2v) is 8.30. The standard InChI is InChI=1S/C25H34N2O4/c1-20-12-13-23(31-20)18-26(16-14-21-8-4-3-5-9-21)24(28)19-27(15-7-17-30-2)25(29)22-10-6-11-22/h3-5,8-9,12-13,22H,6-7,10-11,14-19H2,1-2H3. The van der Waals surface area contributed by atoms with E-state index in [-0.39, 0.29) is 24.3 Å². The van der Waals surface area contributed by atoms with E-state index in [0.717, 1.165) is 43.6 Å². The molecule has 1 fully saturated rings. The molecule has 1 aromatic heterocycles. The summed E-state index contributed by atoms with van der Waals surface area (Å²) < 4.78 is 10.9. The molecule has 1 aliphatic carbocycles. The van der Waals surface area contributed by atoms with Crippen LogP contribution in [0.5, 0.6) is 0 Å². The summed E-state index contributed by atoms with van der Waals surface area (Å²) in [6.45, 7) is 4.10. The molecule has 0 radical (unpaired) electrons. The first-order valence-electron chi connectivity index (χ1n) is 11.2. The van der Waals surface area contributed by atoms with Gasteiger partial charge in [-0.25, -0.2) is 0 Å². The minimum absolute atomic E-state index is 0.0462. The van der Waals surface area contributed by atoms with E-state index in [1.807, 2.05) is 42.2 Å². The minimum Gasteiger partial charge on any atom is -0.464 e. The van der Waals surface area contributed by atoms with E-state index in [4.69, 9.17) is 9.15 Å². The van der Waals surface area contributed by atoms with Crippen LogP contribution < -0.4 is 0 Å². The van der Waals surface area contributed by atoms with Crippen molar-refractivity contribution in [3.63, 3.8) is 0 Å². The van der Waals surface area contributed by atoms with E-state index >= 15 is 0 Å². The van der Waals surface area contributed by atoms with E-state index in [2.05, 4.69) is 12.1 Å². The molecule has 0 bridgehead atoms. The van der Waals surface area contributed by atoms with Gasteiger partial charge in [-0.05, 0) is 50.3 Å². The van der Waals surface area contributed by atoms with Gasteiger partial charge in [-0.2, -0.15) is 0 Å². The highest BCUT2D eigenvalue weighted by atomic mass is 16.5. The van der Waals surface area contributed by atoms with Crippen molar-refractivity contribution in [2.24, 2.45) is 5.92 Å². The Balaban J connectivity index is 1.68. The largest absolute Gasteiger partial charge is 0.464 e. The van der Waals surface area contributed by atoms with Crippen molar-refractivity contribution < 1.29 is 18.7 Å². The lowest BCUT2D eigenvalue weighted by molar-refractivity contribution is -0.145. The first-order chi connectivity index (χ1) is 15.1. The summed E-state index contributed by atoms with van der Waals surface area (Å²) in [6.07, 6.45) is 4.43. The van der Waals surface area contributed by atoms with Gasteiger partial charge in [0.1, 0.15) is 11.5 Å². The van der Waals surface area contributed by atoms with E-state index in [1.165, 1.54) is 5.56 Å². The van der Waals surface area contributed by atoms with Crippen molar-refractivity contribution in [1.82, 2.24) is 9.80 Å². The van der Waals surface area contributed by atoms with Gasteiger partial charge in [0.15, 0.2) is 0 Å². The maximum absolute atomic E-state index is 13.3. The van der Waals surface area contributed by atoms with Crippen molar-refractivity contribution in [2.75, 3.05) is 33.4 Å². The van der Waals surface area contributed by atoms with Crippen molar-refractivity contribution >= 4 is 11.8 Å². The number of furan rings is 1. The second kappa shape index (κ2) is 11.7. The molecule has 3 rings (SSSR count). The van der Waals surface area contributed by atoms with Crippen LogP contribution >= 0.6 is 0 Å². The van der Waals surface area contributed by atoms with Gasteiger partial charge in [0, 0.05) is 32.7 Å². The number of hydrogen-bond donors (Lipinski definition) is 0. The van der Waals surface area contributed by atoms with Gasteiger partial charge in [0.25, 0.3) is 0 Å². The predicted octanol–water partition coefficient (Wildman–Crippen LogP) is 3.82. The fourth-order valence-corrected chi connectivity index (χ4v) is 3.80. The maximum Gasteiger partial charge on any atom is 0.242 e. The minimum atomic E-state index is -0.0462. The number of benzene rings is 1. The zero-order valence-electron chi connectivity index (χ0n) is 18.7. The van der Waals surface area contributed by atoms with Gasteiger partial charge < -0.3 is 19.0 Å². The third-order valence-corrected chi connectivity index (χ3v) is 5.88. The van der Waals surface area contributed by atoms with Crippen LogP contribution in [-0.4, -0.2) is 55.0 Å². The highest BCUT2D eigenvalue weighted by molar-refractivity contribution is 5.86. The van der Waals surface area contributed by atoms with E-state index in [0.29, 0.717) is 26.2 Å². The Morgan fingerprint density at radius 3 is 2.45 bits per heavy atom. The average Bonchev–Trinajstić information content (AvgIpc) is 3.14. The Morgan fingerprint density at radius 1 is 1.06 bits per heavy atom. The first-order valence-corrected chi connectivity index (χ1v) is 11.2. The van der Waals surface area contributed by atoms with Crippen molar-refractivity contribution in [3.05, 3.63) is 59.5 Å². The van der Waals surface area contributed by atoms with Crippen LogP contribution in [0.1, 0.15) is 42.8 Å². The summed E-state index contributed by atoms with van der Waals surface area (Å²) in [6, 6.07) is 14.0. The quantitative estimate of drug-likeness (QED) is 0.484. The molecular weight excluding hydrogens is 392 g/mol. The number of carbonyl (C=O) groups excluding carboxylic acids is 2. The summed E-state index contributed by atoms with van der Waals surface area (Å²) >= 11 is 0. The molecule has 0 aliphatic heterocycles. The maximum atomic E-state index is 13.3. The Bertz CT molecular complexity index is 829. The van der Waals surface area contributed by atoms with Crippen molar-refractivity contribution in [3.8, 4) is 0 Å². The van der Waals surface area contributed by atoms with Crippen molar-refractivity contribution in [1.29, 1.82) is 0 Å². The predicted molar refractivity (Wildman–Crippen MR) is 119 cm³/mol. The lowest BCUT2D eigenvalue weighted by atomic mass is 9.84. The SMILES string of the molecule is COCCCN(CC(=O)N(CCc1ccccc1)Cc1ccc(C)o1)C(=O)C1CCC1. The molecule has 6 heteroatoms. The molecule has 31 heavy (non-hydrogen) atoms. The molecule has 1 aliphatic rings. The molecule has 2 aromatic rings. The zero-order chi connectivity index (χ0) is 22.1. The lowest BCUT2D eigenvalue weighted by Gasteiger charge is -2.33. The summed E-state index contributed by atoms with van der Waals surface area (Å²) in [5.41, 5.74) is 1.18. The van der Waals surface area contributed by atoms with Crippen LogP contribution in [0.15, 0.2) is 46.9 Å². The number of ether oxygens (including phenoxy) is 1. The number of rotatable bonds is 12. The molecule has 1 heterocycles. The summed E-state index contributed by atoms with van der Waals surface area (Å²) in [5.74, 6) is 1.71. The van der Waals surface area contributed by atoms with Crippen LogP contribution in [0, 0.1) is 12.8 Å². The number of hydrogen-bond acceptors (Lipinski definition) is 4.